The van der Waals surface area contributed by atoms with Crippen LogP contribution < -0.4 is 15.4 Å². The van der Waals surface area contributed by atoms with Crippen molar-refractivity contribution in [2.45, 2.75) is 33.2 Å². The number of amides is 2. The van der Waals surface area contributed by atoms with Gasteiger partial charge in [-0.1, -0.05) is 18.5 Å². The molecule has 0 aliphatic heterocycles. The summed E-state index contributed by atoms with van der Waals surface area (Å²) in [5.74, 6) is -0.204. The van der Waals surface area contributed by atoms with Crippen molar-refractivity contribution in [1.82, 2.24) is 10.3 Å². The lowest BCUT2D eigenvalue weighted by Crippen LogP contribution is -2.32. The van der Waals surface area contributed by atoms with Crippen LogP contribution in [0.15, 0.2) is 30.6 Å². The summed E-state index contributed by atoms with van der Waals surface area (Å²) in [7, 11) is 1.50. The number of aromatic nitrogens is 1. The zero-order valence-corrected chi connectivity index (χ0v) is 16.0. The fourth-order valence-corrected chi connectivity index (χ4v) is 2.38. The molecule has 6 nitrogen and oxygen atoms in total. The average Bonchev–Trinajstić information content (AvgIpc) is 2.64. The Morgan fingerprint density at radius 1 is 1.19 bits per heavy atom. The van der Waals surface area contributed by atoms with Crippen molar-refractivity contribution in [1.29, 1.82) is 0 Å². The molecule has 138 valence electrons. The zero-order chi connectivity index (χ0) is 19.3. The Morgan fingerprint density at radius 2 is 1.85 bits per heavy atom. The first kappa shape index (κ1) is 19.7. The minimum Gasteiger partial charge on any atom is -0.495 e. The maximum atomic E-state index is 12.6. The van der Waals surface area contributed by atoms with Gasteiger partial charge in [0.2, 0.25) is 0 Å². The van der Waals surface area contributed by atoms with Gasteiger partial charge in [0.25, 0.3) is 11.8 Å². The summed E-state index contributed by atoms with van der Waals surface area (Å²) in [5.41, 5.74) is 1.91. The second-order valence-corrected chi connectivity index (χ2v) is 6.41. The highest BCUT2D eigenvalue weighted by molar-refractivity contribution is 6.31. The van der Waals surface area contributed by atoms with Gasteiger partial charge < -0.3 is 15.4 Å². The number of hydrogen-bond donors (Lipinski definition) is 2. The van der Waals surface area contributed by atoms with Crippen LogP contribution in [0.25, 0.3) is 0 Å². The van der Waals surface area contributed by atoms with Crippen LogP contribution in [0.2, 0.25) is 5.02 Å². The third-order valence-electron chi connectivity index (χ3n) is 3.98. The van der Waals surface area contributed by atoms with Crippen molar-refractivity contribution in [2.75, 3.05) is 12.4 Å². The number of benzene rings is 1. The van der Waals surface area contributed by atoms with E-state index in [4.69, 9.17) is 16.3 Å². The first-order chi connectivity index (χ1) is 12.3. The number of rotatable bonds is 6. The maximum absolute atomic E-state index is 12.6. The summed E-state index contributed by atoms with van der Waals surface area (Å²) in [4.78, 5) is 28.8. The molecule has 0 saturated carbocycles. The monoisotopic (exact) mass is 375 g/mol. The number of methoxy groups -OCH3 is 1. The fraction of sp³-hybridized carbons (Fsp3) is 0.316. The van der Waals surface area contributed by atoms with E-state index in [1.807, 2.05) is 20.8 Å². The third kappa shape index (κ3) is 4.73. The van der Waals surface area contributed by atoms with Crippen LogP contribution in [0, 0.1) is 6.92 Å². The lowest BCUT2D eigenvalue weighted by atomic mass is 10.1. The van der Waals surface area contributed by atoms with Crippen molar-refractivity contribution in [3.8, 4) is 5.75 Å². The SMILES string of the molecule is CCC(C)NC(=O)c1cncc(C(=O)Nc2cc(C)c(Cl)cc2OC)c1. The fourth-order valence-electron chi connectivity index (χ4n) is 2.22. The Kier molecular flexibility index (Phi) is 6.58. The molecule has 0 radical (unpaired) electrons. The van der Waals surface area contributed by atoms with Crippen LogP contribution in [-0.4, -0.2) is 29.9 Å². The molecule has 1 atom stereocenters. The molecule has 0 aliphatic carbocycles. The normalized spacial score (nSPS) is 11.6. The number of pyridine rings is 1. The summed E-state index contributed by atoms with van der Waals surface area (Å²) < 4.78 is 5.26. The molecule has 2 amide bonds. The van der Waals surface area contributed by atoms with E-state index in [1.165, 1.54) is 25.6 Å². The van der Waals surface area contributed by atoms with Gasteiger partial charge in [0.05, 0.1) is 23.9 Å². The molecule has 1 unspecified atom stereocenters. The quantitative estimate of drug-likeness (QED) is 0.804. The highest BCUT2D eigenvalue weighted by Crippen LogP contribution is 2.31. The molecule has 2 aromatic rings. The van der Waals surface area contributed by atoms with Crippen LogP contribution in [-0.2, 0) is 0 Å². The van der Waals surface area contributed by atoms with E-state index in [2.05, 4.69) is 15.6 Å². The largest absolute Gasteiger partial charge is 0.495 e. The van der Waals surface area contributed by atoms with Crippen LogP contribution in [0.5, 0.6) is 5.75 Å². The molecule has 1 heterocycles. The van der Waals surface area contributed by atoms with Crippen LogP contribution in [0.3, 0.4) is 0 Å². The predicted molar refractivity (Wildman–Crippen MR) is 102 cm³/mol. The average molecular weight is 376 g/mol. The second-order valence-electron chi connectivity index (χ2n) is 6.00. The number of nitrogens with zero attached hydrogens (tertiary/aromatic N) is 1. The van der Waals surface area contributed by atoms with Gasteiger partial charge in [-0.25, -0.2) is 0 Å². The highest BCUT2D eigenvalue weighted by atomic mass is 35.5. The summed E-state index contributed by atoms with van der Waals surface area (Å²) in [6, 6.07) is 4.92. The lowest BCUT2D eigenvalue weighted by Gasteiger charge is -2.13. The Hall–Kier alpha value is -2.60. The Balaban J connectivity index is 2.22. The van der Waals surface area contributed by atoms with Gasteiger partial charge in [-0.2, -0.15) is 0 Å². The standard InChI is InChI=1S/C19H22ClN3O3/c1-5-12(3)22-18(24)13-7-14(10-21-9-13)19(25)23-16-6-11(2)15(20)8-17(16)26-4/h6-10,12H,5H2,1-4H3,(H,22,24)(H,23,25). The van der Waals surface area contributed by atoms with Crippen molar-refractivity contribution in [3.05, 3.63) is 52.3 Å². The maximum Gasteiger partial charge on any atom is 0.257 e. The molecule has 0 spiro atoms. The summed E-state index contributed by atoms with van der Waals surface area (Å²) in [6.45, 7) is 5.73. The molecule has 2 rings (SSSR count). The zero-order valence-electron chi connectivity index (χ0n) is 15.2. The predicted octanol–water partition coefficient (Wildman–Crippen LogP) is 3.83. The van der Waals surface area contributed by atoms with Crippen molar-refractivity contribution in [2.24, 2.45) is 0 Å². The summed E-state index contributed by atoms with van der Waals surface area (Å²) >= 11 is 6.08. The number of ether oxygens (including phenoxy) is 1. The molecule has 1 aromatic heterocycles. The summed E-state index contributed by atoms with van der Waals surface area (Å²) in [6.07, 6.45) is 3.65. The Bertz CT molecular complexity index is 824. The molecular formula is C19H22ClN3O3. The van der Waals surface area contributed by atoms with E-state index in [0.29, 0.717) is 22.0 Å². The Labute approximate surface area is 157 Å². The van der Waals surface area contributed by atoms with Crippen molar-refractivity contribution >= 4 is 29.1 Å². The van der Waals surface area contributed by atoms with Gasteiger partial charge in [-0.05, 0) is 38.0 Å². The van der Waals surface area contributed by atoms with Gasteiger partial charge >= 0.3 is 0 Å². The molecule has 2 N–H and O–H groups in total. The van der Waals surface area contributed by atoms with E-state index < -0.39 is 5.91 Å². The molecule has 0 saturated heterocycles. The van der Waals surface area contributed by atoms with Gasteiger partial charge in [0, 0.05) is 29.5 Å². The van der Waals surface area contributed by atoms with E-state index >= 15 is 0 Å². The van der Waals surface area contributed by atoms with Gasteiger partial charge in [0.15, 0.2) is 0 Å². The minimum absolute atomic E-state index is 0.0429. The minimum atomic E-state index is -0.393. The topological polar surface area (TPSA) is 80.3 Å². The van der Waals surface area contributed by atoms with E-state index in [-0.39, 0.29) is 17.5 Å². The molecule has 0 bridgehead atoms. The molecule has 26 heavy (non-hydrogen) atoms. The second kappa shape index (κ2) is 8.67. The van der Waals surface area contributed by atoms with E-state index in [0.717, 1.165) is 12.0 Å². The van der Waals surface area contributed by atoms with Crippen LogP contribution in [0.1, 0.15) is 46.5 Å². The summed E-state index contributed by atoms with van der Waals surface area (Å²) in [5, 5.41) is 6.16. The smallest absolute Gasteiger partial charge is 0.257 e. The number of aryl methyl sites for hydroxylation is 1. The molecule has 1 aromatic carbocycles. The van der Waals surface area contributed by atoms with Crippen LogP contribution in [0.4, 0.5) is 5.69 Å². The molecule has 0 aliphatic rings. The van der Waals surface area contributed by atoms with E-state index in [1.54, 1.807) is 12.1 Å². The molecular weight excluding hydrogens is 354 g/mol. The van der Waals surface area contributed by atoms with Gasteiger partial charge in [-0.3, -0.25) is 14.6 Å². The number of nitrogens with one attached hydrogen (secondary N) is 2. The molecule has 0 fully saturated rings. The first-order valence-electron chi connectivity index (χ1n) is 8.27. The van der Waals surface area contributed by atoms with Gasteiger partial charge in [-0.15, -0.1) is 0 Å². The lowest BCUT2D eigenvalue weighted by molar-refractivity contribution is 0.0939. The van der Waals surface area contributed by atoms with Crippen LogP contribution >= 0.6 is 11.6 Å². The van der Waals surface area contributed by atoms with Crippen molar-refractivity contribution in [3.63, 3.8) is 0 Å². The number of anilines is 1. The first-order valence-corrected chi connectivity index (χ1v) is 8.64. The molecule has 7 heteroatoms. The number of carbonyl (C=O) groups is 2. The Morgan fingerprint density at radius 3 is 2.46 bits per heavy atom. The van der Waals surface area contributed by atoms with Gasteiger partial charge in [0.1, 0.15) is 5.75 Å². The number of carbonyl (C=O) groups excluding carboxylic acids is 2. The van der Waals surface area contributed by atoms with E-state index in [9.17, 15) is 9.59 Å². The third-order valence-corrected chi connectivity index (χ3v) is 4.39. The number of hydrogen-bond acceptors (Lipinski definition) is 4. The van der Waals surface area contributed by atoms with Crippen molar-refractivity contribution < 1.29 is 14.3 Å². The highest BCUT2D eigenvalue weighted by Gasteiger charge is 2.15. The number of halogens is 1.